The Labute approximate surface area is 131 Å². The predicted molar refractivity (Wildman–Crippen MR) is 84.7 cm³/mol. The summed E-state index contributed by atoms with van der Waals surface area (Å²) < 4.78 is 1.05. The zero-order chi connectivity index (χ0) is 14.8. The van der Waals surface area contributed by atoms with E-state index in [-0.39, 0.29) is 5.91 Å². The topological polar surface area (TPSA) is 46.1 Å². The summed E-state index contributed by atoms with van der Waals surface area (Å²) in [5.74, 6) is 0.611. The van der Waals surface area contributed by atoms with Gasteiger partial charge in [-0.2, -0.15) is 0 Å². The Morgan fingerprint density at radius 2 is 2.10 bits per heavy atom. The molecule has 0 aliphatic rings. The molecule has 0 atom stereocenters. The van der Waals surface area contributed by atoms with Gasteiger partial charge in [-0.1, -0.05) is 20.8 Å². The molecule has 0 N–H and O–H groups in total. The molecule has 0 radical (unpaired) electrons. The molecule has 106 valence electrons. The van der Waals surface area contributed by atoms with Crippen LogP contribution in [0.15, 0.2) is 34.5 Å². The quantitative estimate of drug-likeness (QED) is 0.840. The lowest BCUT2D eigenvalue weighted by molar-refractivity contribution is -0.125. The Hall–Kier alpha value is -1.27. The Balaban J connectivity index is 2.32. The first-order chi connectivity index (χ1) is 9.38. The van der Waals surface area contributed by atoms with Gasteiger partial charge in [-0.05, 0) is 28.1 Å². The van der Waals surface area contributed by atoms with Crippen LogP contribution in [0.4, 0.5) is 5.82 Å². The number of thiophene rings is 1. The maximum Gasteiger partial charge on any atom is 0.233 e. The number of hydrogen-bond acceptors (Lipinski definition) is 4. The van der Waals surface area contributed by atoms with Crippen molar-refractivity contribution in [3.63, 3.8) is 0 Å². The molecule has 0 saturated carbocycles. The highest BCUT2D eigenvalue weighted by atomic mass is 79.9. The normalized spacial score (nSPS) is 11.4. The molecule has 0 saturated heterocycles. The first-order valence-electron chi connectivity index (χ1n) is 6.20. The fourth-order valence-electron chi connectivity index (χ4n) is 1.68. The number of carbonyl (C=O) groups is 1. The Morgan fingerprint density at radius 3 is 2.60 bits per heavy atom. The van der Waals surface area contributed by atoms with E-state index in [0.29, 0.717) is 12.4 Å². The predicted octanol–water partition coefficient (Wildman–Crippen LogP) is 3.88. The van der Waals surface area contributed by atoms with E-state index in [1.165, 1.54) is 0 Å². The Bertz CT molecular complexity index is 592. The van der Waals surface area contributed by atoms with Gasteiger partial charge in [0.05, 0.1) is 16.5 Å². The summed E-state index contributed by atoms with van der Waals surface area (Å²) in [6.45, 7) is 6.22. The molecule has 2 heterocycles. The SMILES string of the molecule is CC(C)(C)C(=O)N(Cc1ccc(Br)s1)c1cnccn1. The number of nitrogens with zero attached hydrogens (tertiary/aromatic N) is 3. The lowest BCUT2D eigenvalue weighted by atomic mass is 9.94. The lowest BCUT2D eigenvalue weighted by Gasteiger charge is -2.28. The van der Waals surface area contributed by atoms with E-state index in [9.17, 15) is 4.79 Å². The molecule has 0 spiro atoms. The smallest absolute Gasteiger partial charge is 0.233 e. The van der Waals surface area contributed by atoms with Crippen molar-refractivity contribution in [1.29, 1.82) is 0 Å². The molecular formula is C14H16BrN3OS. The molecule has 2 aromatic rings. The highest BCUT2D eigenvalue weighted by Gasteiger charge is 2.29. The maximum atomic E-state index is 12.6. The molecule has 0 fully saturated rings. The number of halogens is 1. The minimum absolute atomic E-state index is 0.0301. The molecule has 2 aromatic heterocycles. The van der Waals surface area contributed by atoms with Crippen LogP contribution in [0.2, 0.25) is 0 Å². The van der Waals surface area contributed by atoms with Crippen LogP contribution >= 0.6 is 27.3 Å². The maximum absolute atomic E-state index is 12.6. The molecule has 2 rings (SSSR count). The number of aromatic nitrogens is 2. The Kier molecular flexibility index (Phi) is 4.55. The van der Waals surface area contributed by atoms with Crippen LogP contribution in [0, 0.1) is 5.41 Å². The van der Waals surface area contributed by atoms with Crippen LogP contribution in [0.25, 0.3) is 0 Å². The summed E-state index contributed by atoms with van der Waals surface area (Å²) in [6, 6.07) is 3.99. The lowest BCUT2D eigenvalue weighted by Crippen LogP contribution is -2.39. The van der Waals surface area contributed by atoms with Crippen LogP contribution in [0.1, 0.15) is 25.6 Å². The average Bonchev–Trinajstić information content (AvgIpc) is 2.81. The van der Waals surface area contributed by atoms with E-state index in [0.717, 1.165) is 8.66 Å². The summed E-state index contributed by atoms with van der Waals surface area (Å²) in [4.78, 5) is 23.7. The van der Waals surface area contributed by atoms with E-state index in [1.54, 1.807) is 34.8 Å². The summed E-state index contributed by atoms with van der Waals surface area (Å²) in [6.07, 6.45) is 4.82. The summed E-state index contributed by atoms with van der Waals surface area (Å²) in [7, 11) is 0. The van der Waals surface area contributed by atoms with E-state index in [2.05, 4.69) is 25.9 Å². The van der Waals surface area contributed by atoms with Gasteiger partial charge in [0, 0.05) is 22.7 Å². The highest BCUT2D eigenvalue weighted by molar-refractivity contribution is 9.11. The van der Waals surface area contributed by atoms with E-state index in [1.807, 2.05) is 32.9 Å². The van der Waals surface area contributed by atoms with Crippen molar-refractivity contribution in [3.8, 4) is 0 Å². The molecule has 0 aliphatic carbocycles. The van der Waals surface area contributed by atoms with Crippen LogP contribution in [-0.2, 0) is 11.3 Å². The molecule has 1 amide bonds. The van der Waals surface area contributed by atoms with Crippen molar-refractivity contribution in [1.82, 2.24) is 9.97 Å². The fraction of sp³-hybridized carbons (Fsp3) is 0.357. The van der Waals surface area contributed by atoms with Gasteiger partial charge in [0.1, 0.15) is 0 Å². The van der Waals surface area contributed by atoms with Gasteiger partial charge < -0.3 is 0 Å². The number of carbonyl (C=O) groups excluding carboxylic acids is 1. The van der Waals surface area contributed by atoms with Crippen molar-refractivity contribution in [2.45, 2.75) is 27.3 Å². The number of hydrogen-bond donors (Lipinski definition) is 0. The van der Waals surface area contributed by atoms with E-state index >= 15 is 0 Å². The molecule has 20 heavy (non-hydrogen) atoms. The van der Waals surface area contributed by atoms with Gasteiger partial charge in [-0.15, -0.1) is 11.3 Å². The molecule has 4 nitrogen and oxygen atoms in total. The average molecular weight is 354 g/mol. The second-order valence-electron chi connectivity index (χ2n) is 5.41. The third-order valence-corrected chi connectivity index (χ3v) is 4.26. The zero-order valence-corrected chi connectivity index (χ0v) is 14.0. The van der Waals surface area contributed by atoms with Gasteiger partial charge >= 0.3 is 0 Å². The second kappa shape index (κ2) is 6.01. The van der Waals surface area contributed by atoms with Crippen LogP contribution in [-0.4, -0.2) is 15.9 Å². The summed E-state index contributed by atoms with van der Waals surface area (Å²) in [5, 5.41) is 0. The molecule has 6 heteroatoms. The van der Waals surface area contributed by atoms with Gasteiger partial charge in [-0.3, -0.25) is 14.7 Å². The summed E-state index contributed by atoms with van der Waals surface area (Å²) in [5.41, 5.74) is -0.466. The minimum Gasteiger partial charge on any atom is -0.290 e. The molecule has 0 bridgehead atoms. The van der Waals surface area contributed by atoms with Gasteiger partial charge in [0.25, 0.3) is 0 Å². The number of anilines is 1. The minimum atomic E-state index is -0.466. The summed E-state index contributed by atoms with van der Waals surface area (Å²) >= 11 is 5.06. The second-order valence-corrected chi connectivity index (χ2v) is 7.96. The van der Waals surface area contributed by atoms with Crippen molar-refractivity contribution in [2.75, 3.05) is 4.90 Å². The van der Waals surface area contributed by atoms with Crippen molar-refractivity contribution < 1.29 is 4.79 Å². The van der Waals surface area contributed by atoms with E-state index < -0.39 is 5.41 Å². The van der Waals surface area contributed by atoms with Crippen molar-refractivity contribution in [2.24, 2.45) is 5.41 Å². The largest absolute Gasteiger partial charge is 0.290 e. The van der Waals surface area contributed by atoms with Gasteiger partial charge in [-0.25, -0.2) is 4.98 Å². The number of rotatable bonds is 3. The van der Waals surface area contributed by atoms with Crippen molar-refractivity contribution >= 4 is 39.0 Å². The van der Waals surface area contributed by atoms with Crippen LogP contribution < -0.4 is 4.90 Å². The first kappa shape index (κ1) is 15.1. The molecule has 0 aromatic carbocycles. The van der Waals surface area contributed by atoms with Crippen LogP contribution in [0.5, 0.6) is 0 Å². The van der Waals surface area contributed by atoms with Gasteiger partial charge in [0.2, 0.25) is 5.91 Å². The van der Waals surface area contributed by atoms with E-state index in [4.69, 9.17) is 0 Å². The monoisotopic (exact) mass is 353 g/mol. The molecular weight excluding hydrogens is 338 g/mol. The first-order valence-corrected chi connectivity index (χ1v) is 7.81. The molecule has 0 aliphatic heterocycles. The third kappa shape index (κ3) is 3.64. The fourth-order valence-corrected chi connectivity index (χ4v) is 3.16. The third-order valence-electron chi connectivity index (χ3n) is 2.66. The Morgan fingerprint density at radius 1 is 1.35 bits per heavy atom. The zero-order valence-electron chi connectivity index (χ0n) is 11.6. The van der Waals surface area contributed by atoms with Gasteiger partial charge in [0.15, 0.2) is 5.82 Å². The number of amides is 1. The highest BCUT2D eigenvalue weighted by Crippen LogP contribution is 2.27. The standard InChI is InChI=1S/C14H16BrN3OS/c1-14(2,3)13(19)18(12-8-16-6-7-17-12)9-10-4-5-11(15)20-10/h4-8H,9H2,1-3H3. The van der Waals surface area contributed by atoms with Crippen LogP contribution in [0.3, 0.4) is 0 Å². The van der Waals surface area contributed by atoms with Crippen molar-refractivity contribution in [3.05, 3.63) is 39.4 Å². The molecule has 0 unspecified atom stereocenters.